The maximum absolute atomic E-state index is 12.4. The van der Waals surface area contributed by atoms with Gasteiger partial charge in [-0.3, -0.25) is 4.79 Å². The molecule has 0 spiro atoms. The summed E-state index contributed by atoms with van der Waals surface area (Å²) in [4.78, 5) is 13.8. The van der Waals surface area contributed by atoms with E-state index in [0.717, 1.165) is 25.7 Å². The molecule has 0 radical (unpaired) electrons. The van der Waals surface area contributed by atoms with Crippen LogP contribution in [0.25, 0.3) is 0 Å². The number of Topliss-reactive ketones (excluding diaryl/α,β-unsaturated/α-hetero) is 1. The van der Waals surface area contributed by atoms with Gasteiger partial charge in [-0.1, -0.05) is 6.92 Å². The molecule has 0 aromatic carbocycles. The van der Waals surface area contributed by atoms with Crippen LogP contribution < -0.4 is 0 Å². The van der Waals surface area contributed by atoms with Gasteiger partial charge in [0.2, 0.25) is 0 Å². The predicted molar refractivity (Wildman–Crippen MR) is 70.7 cm³/mol. The highest BCUT2D eigenvalue weighted by Crippen LogP contribution is 2.37. The summed E-state index contributed by atoms with van der Waals surface area (Å²) < 4.78 is 5.05. The van der Waals surface area contributed by atoms with Crippen LogP contribution in [0.5, 0.6) is 0 Å². The number of methoxy groups -OCH3 is 1. The second-order valence-electron chi connectivity index (χ2n) is 4.83. The first-order valence-corrected chi connectivity index (χ1v) is 7.21. The van der Waals surface area contributed by atoms with E-state index in [2.05, 4.69) is 11.4 Å². The summed E-state index contributed by atoms with van der Waals surface area (Å²) >= 11 is 1.80. The predicted octanol–water partition coefficient (Wildman–Crippen LogP) is 3.41. The Kier molecular flexibility index (Phi) is 4.35. The number of fused-ring (bicyclic) bond motifs is 1. The molecule has 0 fully saturated rings. The molecule has 3 heteroatoms. The van der Waals surface area contributed by atoms with Gasteiger partial charge >= 0.3 is 0 Å². The summed E-state index contributed by atoms with van der Waals surface area (Å²) in [6.45, 7) is 2.71. The minimum Gasteiger partial charge on any atom is -0.385 e. The van der Waals surface area contributed by atoms with Gasteiger partial charge < -0.3 is 4.74 Å². The summed E-state index contributed by atoms with van der Waals surface area (Å²) in [6, 6.07) is 2.14. The largest absolute Gasteiger partial charge is 0.385 e. The monoisotopic (exact) mass is 252 g/mol. The molecule has 1 aromatic rings. The van der Waals surface area contributed by atoms with E-state index in [0.29, 0.717) is 12.4 Å². The van der Waals surface area contributed by atoms with Crippen LogP contribution in [0, 0.1) is 5.92 Å². The standard InChI is InChI=1S/C14H20O2S/c1-10(6-8-16-2)14(15)12-4-3-5-13-11(12)7-9-17-13/h7,9-10,12H,3-6,8H2,1-2H3. The number of ketones is 1. The Balaban J connectivity index is 2.06. The van der Waals surface area contributed by atoms with Gasteiger partial charge in [0, 0.05) is 30.4 Å². The molecule has 2 nitrogen and oxygen atoms in total. The second-order valence-corrected chi connectivity index (χ2v) is 5.83. The zero-order chi connectivity index (χ0) is 12.3. The number of hydrogen-bond donors (Lipinski definition) is 0. The third kappa shape index (κ3) is 2.78. The Bertz CT molecular complexity index is 383. The van der Waals surface area contributed by atoms with Crippen molar-refractivity contribution in [3.63, 3.8) is 0 Å². The lowest BCUT2D eigenvalue weighted by Crippen LogP contribution is -2.23. The Labute approximate surface area is 107 Å². The Morgan fingerprint density at radius 3 is 3.24 bits per heavy atom. The van der Waals surface area contributed by atoms with Crippen LogP contribution in [-0.2, 0) is 16.0 Å². The first kappa shape index (κ1) is 12.8. The molecular weight excluding hydrogens is 232 g/mol. The Morgan fingerprint density at radius 2 is 2.47 bits per heavy atom. The second kappa shape index (κ2) is 5.78. The van der Waals surface area contributed by atoms with Gasteiger partial charge in [0.1, 0.15) is 5.78 Å². The molecule has 1 heterocycles. The number of thiophene rings is 1. The van der Waals surface area contributed by atoms with Crippen LogP contribution in [0.2, 0.25) is 0 Å². The Morgan fingerprint density at radius 1 is 1.65 bits per heavy atom. The van der Waals surface area contributed by atoms with Crippen molar-refractivity contribution in [2.45, 2.75) is 38.5 Å². The summed E-state index contributed by atoms with van der Waals surface area (Å²) in [5, 5.41) is 2.12. The molecule has 0 amide bonds. The lowest BCUT2D eigenvalue weighted by molar-refractivity contribution is -0.124. The molecule has 94 valence electrons. The molecule has 0 N–H and O–H groups in total. The van der Waals surface area contributed by atoms with Crippen LogP contribution in [0.4, 0.5) is 0 Å². The van der Waals surface area contributed by atoms with E-state index in [4.69, 9.17) is 4.74 Å². The van der Waals surface area contributed by atoms with E-state index in [9.17, 15) is 4.79 Å². The molecule has 1 aromatic heterocycles. The zero-order valence-corrected chi connectivity index (χ0v) is 11.4. The van der Waals surface area contributed by atoms with Crippen molar-refractivity contribution in [1.29, 1.82) is 0 Å². The minimum absolute atomic E-state index is 0.116. The van der Waals surface area contributed by atoms with E-state index in [1.165, 1.54) is 10.4 Å². The number of ether oxygens (including phenoxy) is 1. The average molecular weight is 252 g/mol. The van der Waals surface area contributed by atoms with E-state index < -0.39 is 0 Å². The molecular formula is C14H20O2S. The summed E-state index contributed by atoms with van der Waals surface area (Å²) in [5.41, 5.74) is 1.30. The van der Waals surface area contributed by atoms with E-state index in [-0.39, 0.29) is 11.8 Å². The van der Waals surface area contributed by atoms with Crippen molar-refractivity contribution in [2.75, 3.05) is 13.7 Å². The van der Waals surface area contributed by atoms with Gasteiger partial charge in [-0.25, -0.2) is 0 Å². The maximum Gasteiger partial charge on any atom is 0.143 e. The Hall–Kier alpha value is -0.670. The van der Waals surface area contributed by atoms with Crippen LogP contribution >= 0.6 is 11.3 Å². The van der Waals surface area contributed by atoms with Gasteiger partial charge in [0.05, 0.1) is 0 Å². The fourth-order valence-electron chi connectivity index (χ4n) is 2.56. The fourth-order valence-corrected chi connectivity index (χ4v) is 3.55. The normalized spacial score (nSPS) is 20.9. The van der Waals surface area contributed by atoms with Gasteiger partial charge in [-0.2, -0.15) is 0 Å². The summed E-state index contributed by atoms with van der Waals surface area (Å²) in [6.07, 6.45) is 4.18. The van der Waals surface area contributed by atoms with Crippen LogP contribution in [0.1, 0.15) is 42.5 Å². The molecule has 2 rings (SSSR count). The van der Waals surface area contributed by atoms with Gasteiger partial charge in [0.25, 0.3) is 0 Å². The average Bonchev–Trinajstić information content (AvgIpc) is 2.82. The summed E-state index contributed by atoms with van der Waals surface area (Å²) in [5.74, 6) is 0.670. The highest BCUT2D eigenvalue weighted by atomic mass is 32.1. The quantitative estimate of drug-likeness (QED) is 0.802. The van der Waals surface area contributed by atoms with E-state index in [1.54, 1.807) is 18.4 Å². The first-order valence-electron chi connectivity index (χ1n) is 6.33. The number of hydrogen-bond acceptors (Lipinski definition) is 3. The fraction of sp³-hybridized carbons (Fsp3) is 0.643. The van der Waals surface area contributed by atoms with Crippen LogP contribution in [-0.4, -0.2) is 19.5 Å². The molecule has 0 saturated carbocycles. The van der Waals surface area contributed by atoms with Crippen molar-refractivity contribution in [3.05, 3.63) is 21.9 Å². The molecule has 2 atom stereocenters. The molecule has 0 aliphatic heterocycles. The summed E-state index contributed by atoms with van der Waals surface area (Å²) in [7, 11) is 1.69. The number of carbonyl (C=O) groups is 1. The lowest BCUT2D eigenvalue weighted by atomic mass is 9.80. The van der Waals surface area contributed by atoms with Crippen molar-refractivity contribution >= 4 is 17.1 Å². The lowest BCUT2D eigenvalue weighted by Gasteiger charge is -2.24. The number of rotatable bonds is 5. The van der Waals surface area contributed by atoms with Crippen molar-refractivity contribution in [2.24, 2.45) is 5.92 Å². The third-order valence-corrected chi connectivity index (χ3v) is 4.63. The molecule has 0 saturated heterocycles. The first-order chi connectivity index (χ1) is 8.24. The van der Waals surface area contributed by atoms with Crippen molar-refractivity contribution < 1.29 is 9.53 Å². The smallest absolute Gasteiger partial charge is 0.143 e. The highest BCUT2D eigenvalue weighted by molar-refractivity contribution is 7.10. The van der Waals surface area contributed by atoms with Crippen molar-refractivity contribution in [3.8, 4) is 0 Å². The number of carbonyl (C=O) groups excluding carboxylic acids is 1. The van der Waals surface area contributed by atoms with Crippen LogP contribution in [0.15, 0.2) is 11.4 Å². The molecule has 17 heavy (non-hydrogen) atoms. The highest BCUT2D eigenvalue weighted by Gasteiger charge is 2.29. The van der Waals surface area contributed by atoms with Gasteiger partial charge in [-0.15, -0.1) is 11.3 Å². The SMILES string of the molecule is COCCC(C)C(=O)C1CCCc2sccc21. The molecule has 2 unspecified atom stereocenters. The van der Waals surface area contributed by atoms with E-state index in [1.807, 2.05) is 6.92 Å². The molecule has 1 aliphatic rings. The zero-order valence-electron chi connectivity index (χ0n) is 10.6. The van der Waals surface area contributed by atoms with E-state index >= 15 is 0 Å². The van der Waals surface area contributed by atoms with Crippen LogP contribution in [0.3, 0.4) is 0 Å². The topological polar surface area (TPSA) is 26.3 Å². The van der Waals surface area contributed by atoms with Gasteiger partial charge in [0.15, 0.2) is 0 Å². The third-order valence-electron chi connectivity index (χ3n) is 3.64. The molecule has 0 bridgehead atoms. The van der Waals surface area contributed by atoms with Crippen molar-refractivity contribution in [1.82, 2.24) is 0 Å². The maximum atomic E-state index is 12.4. The molecule has 1 aliphatic carbocycles. The number of aryl methyl sites for hydroxylation is 1. The van der Waals surface area contributed by atoms with Gasteiger partial charge in [-0.05, 0) is 42.7 Å². The minimum atomic E-state index is 0.116.